The number of nitrogens with one attached hydrogen (secondary N) is 1. The Hall–Kier alpha value is -2.62. The van der Waals surface area contributed by atoms with Gasteiger partial charge < -0.3 is 14.5 Å². The normalized spacial score (nSPS) is 9.53. The van der Waals surface area contributed by atoms with Crippen molar-refractivity contribution in [3.8, 4) is 6.07 Å². The minimum atomic E-state index is -0.837. The molecular formula is C12H12N2O5. The fourth-order valence-corrected chi connectivity index (χ4v) is 1.36. The van der Waals surface area contributed by atoms with Gasteiger partial charge in [0.05, 0.1) is 18.8 Å². The fraction of sp³-hybridized carbons (Fsp3) is 0.333. The van der Waals surface area contributed by atoms with Gasteiger partial charge in [-0.05, 0) is 19.9 Å². The second-order valence-corrected chi connectivity index (χ2v) is 3.35. The lowest BCUT2D eigenvalue weighted by Gasteiger charge is -2.06. The van der Waals surface area contributed by atoms with E-state index in [9.17, 15) is 14.4 Å². The van der Waals surface area contributed by atoms with E-state index in [4.69, 9.17) is 14.7 Å². The van der Waals surface area contributed by atoms with Crippen molar-refractivity contribution in [3.05, 3.63) is 33.2 Å². The molecule has 0 radical (unpaired) electrons. The Kier molecular flexibility index (Phi) is 4.83. The van der Waals surface area contributed by atoms with Crippen molar-refractivity contribution >= 4 is 11.9 Å². The first-order chi connectivity index (χ1) is 9.04. The van der Waals surface area contributed by atoms with Crippen molar-refractivity contribution in [1.29, 1.82) is 5.26 Å². The molecule has 7 nitrogen and oxygen atoms in total. The molecule has 1 heterocycles. The zero-order chi connectivity index (χ0) is 14.4. The van der Waals surface area contributed by atoms with Crippen molar-refractivity contribution < 1.29 is 19.1 Å². The molecule has 1 N–H and O–H groups in total. The summed E-state index contributed by atoms with van der Waals surface area (Å²) in [5.74, 6) is -1.62. The van der Waals surface area contributed by atoms with E-state index in [1.807, 2.05) is 0 Å². The molecule has 1 rings (SSSR count). The minimum Gasteiger partial charge on any atom is -0.462 e. The smallest absolute Gasteiger partial charge is 0.354 e. The Morgan fingerprint density at radius 3 is 2.37 bits per heavy atom. The van der Waals surface area contributed by atoms with Gasteiger partial charge in [0, 0.05) is 0 Å². The van der Waals surface area contributed by atoms with Crippen LogP contribution >= 0.6 is 0 Å². The maximum atomic E-state index is 11.6. The molecule has 0 fully saturated rings. The van der Waals surface area contributed by atoms with Crippen molar-refractivity contribution in [3.63, 3.8) is 0 Å². The van der Waals surface area contributed by atoms with Crippen LogP contribution in [0.25, 0.3) is 0 Å². The topological polar surface area (TPSA) is 109 Å². The summed E-state index contributed by atoms with van der Waals surface area (Å²) in [6, 6.07) is 2.68. The number of nitrogens with zero attached hydrogens (tertiary/aromatic N) is 1. The van der Waals surface area contributed by atoms with E-state index in [1.165, 1.54) is 0 Å². The highest BCUT2D eigenvalue weighted by Crippen LogP contribution is 2.08. The van der Waals surface area contributed by atoms with Crippen LogP contribution in [0.4, 0.5) is 0 Å². The fourth-order valence-electron chi connectivity index (χ4n) is 1.36. The third-order valence-corrected chi connectivity index (χ3v) is 2.14. The van der Waals surface area contributed by atoms with Crippen LogP contribution in [0.5, 0.6) is 0 Å². The number of hydrogen-bond acceptors (Lipinski definition) is 6. The highest BCUT2D eigenvalue weighted by atomic mass is 16.5. The number of ether oxygens (including phenoxy) is 2. The Bertz CT molecular complexity index is 597. The van der Waals surface area contributed by atoms with Crippen LogP contribution in [0.1, 0.15) is 40.3 Å². The van der Waals surface area contributed by atoms with Gasteiger partial charge in [-0.1, -0.05) is 0 Å². The molecular weight excluding hydrogens is 252 g/mol. The van der Waals surface area contributed by atoms with Gasteiger partial charge in [0.1, 0.15) is 17.3 Å². The maximum absolute atomic E-state index is 11.6. The van der Waals surface area contributed by atoms with E-state index in [2.05, 4.69) is 4.98 Å². The van der Waals surface area contributed by atoms with Gasteiger partial charge in [0.15, 0.2) is 0 Å². The average Bonchev–Trinajstić information content (AvgIpc) is 2.38. The van der Waals surface area contributed by atoms with Crippen molar-refractivity contribution in [2.24, 2.45) is 0 Å². The first-order valence-corrected chi connectivity index (χ1v) is 5.56. The Balaban J connectivity index is 3.35. The molecule has 0 aromatic carbocycles. The molecule has 0 bridgehead atoms. The van der Waals surface area contributed by atoms with E-state index in [1.54, 1.807) is 19.9 Å². The molecule has 1 aromatic heterocycles. The zero-order valence-electron chi connectivity index (χ0n) is 10.5. The lowest BCUT2D eigenvalue weighted by molar-refractivity contribution is 0.0518. The Morgan fingerprint density at radius 2 is 1.84 bits per heavy atom. The summed E-state index contributed by atoms with van der Waals surface area (Å²) in [7, 11) is 0. The second kappa shape index (κ2) is 6.35. The number of nitriles is 1. The standard InChI is InChI=1S/C12H12N2O5/c1-3-18-11(16)7-5-9(12(17)19-4-2)14-10(15)8(7)6-13/h5H,3-4H2,1-2H3,(H,14,15). The summed E-state index contributed by atoms with van der Waals surface area (Å²) >= 11 is 0. The number of hydrogen-bond donors (Lipinski definition) is 1. The number of H-pyrrole nitrogens is 1. The van der Waals surface area contributed by atoms with E-state index >= 15 is 0 Å². The highest BCUT2D eigenvalue weighted by Gasteiger charge is 2.20. The first-order valence-electron chi connectivity index (χ1n) is 5.56. The van der Waals surface area contributed by atoms with Crippen LogP contribution in [0.3, 0.4) is 0 Å². The number of carbonyl (C=O) groups excluding carboxylic acids is 2. The van der Waals surface area contributed by atoms with Crippen LogP contribution in [0.2, 0.25) is 0 Å². The number of carbonyl (C=O) groups is 2. The van der Waals surface area contributed by atoms with Crippen LogP contribution < -0.4 is 5.56 Å². The number of pyridine rings is 1. The van der Waals surface area contributed by atoms with Gasteiger partial charge in [-0.15, -0.1) is 0 Å². The summed E-state index contributed by atoms with van der Waals surface area (Å²) in [6.07, 6.45) is 0. The van der Waals surface area contributed by atoms with Crippen LogP contribution in [0, 0.1) is 11.3 Å². The molecule has 0 spiro atoms. The molecule has 0 aliphatic carbocycles. The van der Waals surface area contributed by atoms with Gasteiger partial charge >= 0.3 is 11.9 Å². The van der Waals surface area contributed by atoms with Crippen molar-refractivity contribution in [2.45, 2.75) is 13.8 Å². The quantitative estimate of drug-likeness (QED) is 0.797. The van der Waals surface area contributed by atoms with Crippen molar-refractivity contribution in [1.82, 2.24) is 4.98 Å². The van der Waals surface area contributed by atoms with Gasteiger partial charge in [-0.3, -0.25) is 4.79 Å². The molecule has 0 aliphatic heterocycles. The lowest BCUT2D eigenvalue weighted by atomic mass is 10.1. The highest BCUT2D eigenvalue weighted by molar-refractivity contribution is 5.95. The Morgan fingerprint density at radius 1 is 1.26 bits per heavy atom. The third-order valence-electron chi connectivity index (χ3n) is 2.14. The molecule has 19 heavy (non-hydrogen) atoms. The first kappa shape index (κ1) is 14.4. The van der Waals surface area contributed by atoms with Crippen LogP contribution in [-0.4, -0.2) is 30.1 Å². The van der Waals surface area contributed by atoms with Gasteiger partial charge in [-0.25, -0.2) is 9.59 Å². The van der Waals surface area contributed by atoms with E-state index in [0.717, 1.165) is 6.07 Å². The predicted molar refractivity (Wildman–Crippen MR) is 63.7 cm³/mol. The average molecular weight is 264 g/mol. The third kappa shape index (κ3) is 3.19. The SMILES string of the molecule is CCOC(=O)c1cc(C(=O)OCC)c(C#N)c(=O)[nH]1. The maximum Gasteiger partial charge on any atom is 0.354 e. The molecule has 0 aliphatic rings. The lowest BCUT2D eigenvalue weighted by Crippen LogP contribution is -2.22. The van der Waals surface area contributed by atoms with Gasteiger partial charge in [-0.2, -0.15) is 5.26 Å². The molecule has 100 valence electrons. The summed E-state index contributed by atoms with van der Waals surface area (Å²) in [6.45, 7) is 3.40. The molecule has 0 saturated heterocycles. The Labute approximate surface area is 108 Å². The summed E-state index contributed by atoms with van der Waals surface area (Å²) in [5, 5.41) is 8.86. The number of esters is 2. The summed E-state index contributed by atoms with van der Waals surface area (Å²) in [5.41, 5.74) is -1.69. The number of rotatable bonds is 4. The molecule has 1 aromatic rings. The van der Waals surface area contributed by atoms with Crippen molar-refractivity contribution in [2.75, 3.05) is 13.2 Å². The van der Waals surface area contributed by atoms with E-state index in [-0.39, 0.29) is 24.5 Å². The largest absolute Gasteiger partial charge is 0.462 e. The van der Waals surface area contributed by atoms with Gasteiger partial charge in [0.2, 0.25) is 0 Å². The van der Waals surface area contributed by atoms with Gasteiger partial charge in [0.25, 0.3) is 5.56 Å². The minimum absolute atomic E-state index is 0.0885. The predicted octanol–water partition coefficient (Wildman–Crippen LogP) is 0.600. The van der Waals surface area contributed by atoms with E-state index in [0.29, 0.717) is 0 Å². The second-order valence-electron chi connectivity index (χ2n) is 3.35. The molecule has 0 unspecified atom stereocenters. The molecule has 0 saturated carbocycles. The van der Waals surface area contributed by atoms with Crippen LogP contribution in [-0.2, 0) is 9.47 Å². The molecule has 0 amide bonds. The number of aromatic nitrogens is 1. The molecule has 7 heteroatoms. The number of aromatic amines is 1. The summed E-state index contributed by atoms with van der Waals surface area (Å²) in [4.78, 5) is 36.9. The zero-order valence-corrected chi connectivity index (χ0v) is 10.5. The summed E-state index contributed by atoms with van der Waals surface area (Å²) < 4.78 is 9.43. The van der Waals surface area contributed by atoms with Crippen LogP contribution in [0.15, 0.2) is 10.9 Å². The monoisotopic (exact) mass is 264 g/mol. The van der Waals surface area contributed by atoms with E-state index < -0.39 is 23.1 Å². The molecule has 0 atom stereocenters.